The molecule has 1 aliphatic heterocycles. The lowest BCUT2D eigenvalue weighted by molar-refractivity contribution is 0.0140. The van der Waals surface area contributed by atoms with Crippen LogP contribution in [0.3, 0.4) is 0 Å². The van der Waals surface area contributed by atoms with Gasteiger partial charge in [-0.05, 0) is 25.7 Å². The van der Waals surface area contributed by atoms with E-state index in [4.69, 9.17) is 19.3 Å². The summed E-state index contributed by atoms with van der Waals surface area (Å²) in [6.07, 6.45) is 20.6. The second-order valence-corrected chi connectivity index (χ2v) is 8.88. The second-order valence-electron chi connectivity index (χ2n) is 8.88. The average Bonchev–Trinajstić information content (AvgIpc) is 3.18. The van der Waals surface area contributed by atoms with E-state index in [0.29, 0.717) is 12.5 Å². The highest BCUT2D eigenvalue weighted by atomic mass is 16.5. The van der Waals surface area contributed by atoms with Gasteiger partial charge in [-0.2, -0.15) is 0 Å². The highest BCUT2D eigenvalue weighted by Gasteiger charge is 2.25. The lowest BCUT2D eigenvalue weighted by Gasteiger charge is -2.11. The first-order valence-electron chi connectivity index (χ1n) is 12.7. The lowest BCUT2D eigenvalue weighted by Crippen LogP contribution is -2.15. The highest BCUT2D eigenvalue weighted by Crippen LogP contribution is 2.20. The fourth-order valence-corrected chi connectivity index (χ4v) is 4.01. The van der Waals surface area contributed by atoms with Gasteiger partial charge in [-0.15, -0.1) is 0 Å². The average molecular weight is 415 g/mol. The van der Waals surface area contributed by atoms with Crippen LogP contribution in [0.4, 0.5) is 0 Å². The first-order chi connectivity index (χ1) is 14.4. The molecular weight excluding hydrogens is 364 g/mol. The van der Waals surface area contributed by atoms with E-state index in [-0.39, 0.29) is 6.10 Å². The summed E-state index contributed by atoms with van der Waals surface area (Å²) >= 11 is 0. The van der Waals surface area contributed by atoms with E-state index in [1.165, 1.54) is 77.0 Å². The molecule has 1 saturated heterocycles. The van der Waals surface area contributed by atoms with Gasteiger partial charge in [0, 0.05) is 25.7 Å². The van der Waals surface area contributed by atoms with Crippen LogP contribution in [0.1, 0.15) is 110 Å². The predicted octanol–water partition coefficient (Wildman–Crippen LogP) is 6.29. The maximum Gasteiger partial charge on any atom is 0.0813 e. The summed E-state index contributed by atoms with van der Waals surface area (Å²) in [5.74, 6) is 0.546. The topological polar surface area (TPSA) is 47.9 Å². The summed E-state index contributed by atoms with van der Waals surface area (Å²) in [6.45, 7) is 6.74. The maximum absolute atomic E-state index is 8.75. The van der Waals surface area contributed by atoms with Crippen LogP contribution in [0, 0.1) is 5.92 Å². The zero-order chi connectivity index (χ0) is 20.8. The Balaban J connectivity index is 1.78. The van der Waals surface area contributed by atoms with Gasteiger partial charge in [-0.25, -0.2) is 0 Å². The van der Waals surface area contributed by atoms with E-state index in [9.17, 15) is 0 Å². The van der Waals surface area contributed by atoms with Gasteiger partial charge in [0.25, 0.3) is 0 Å². The van der Waals surface area contributed by atoms with Crippen LogP contribution in [-0.4, -0.2) is 50.9 Å². The van der Waals surface area contributed by atoms with Gasteiger partial charge >= 0.3 is 0 Å². The summed E-state index contributed by atoms with van der Waals surface area (Å²) in [6, 6.07) is 0. The van der Waals surface area contributed by atoms with Crippen molar-refractivity contribution in [3.05, 3.63) is 0 Å². The quantitative estimate of drug-likeness (QED) is 0.212. The van der Waals surface area contributed by atoms with Crippen molar-refractivity contribution in [2.45, 2.75) is 116 Å². The number of hydrogen-bond donors (Lipinski definition) is 1. The summed E-state index contributed by atoms with van der Waals surface area (Å²) < 4.78 is 17.5. The number of ether oxygens (including phenoxy) is 3. The van der Waals surface area contributed by atoms with E-state index >= 15 is 0 Å². The third-order valence-corrected chi connectivity index (χ3v) is 5.91. The zero-order valence-electron chi connectivity index (χ0n) is 19.4. The molecular formula is C25H50O4. The molecule has 1 aliphatic rings. The minimum absolute atomic E-state index is 0.260. The van der Waals surface area contributed by atoms with Crippen LogP contribution in [0.2, 0.25) is 0 Å². The van der Waals surface area contributed by atoms with E-state index < -0.39 is 0 Å². The molecule has 0 saturated carbocycles. The Hall–Kier alpha value is -0.160. The standard InChI is InChI=1S/C25H50O4/c1-2-3-4-5-6-7-8-9-12-15-18-27-21-24-20-25(29-22-24)23-28-19-16-13-10-11-14-17-26/h24-26H,2-23H2,1H3/t24-,25-/m1/s1. The van der Waals surface area contributed by atoms with Crippen molar-refractivity contribution in [1.29, 1.82) is 0 Å². The molecule has 29 heavy (non-hydrogen) atoms. The van der Waals surface area contributed by atoms with Crippen molar-refractivity contribution in [3.8, 4) is 0 Å². The molecule has 0 aliphatic carbocycles. The highest BCUT2D eigenvalue weighted by molar-refractivity contribution is 4.73. The molecule has 0 radical (unpaired) electrons. The minimum atomic E-state index is 0.260. The van der Waals surface area contributed by atoms with Crippen LogP contribution < -0.4 is 0 Å². The number of unbranched alkanes of at least 4 members (excludes halogenated alkanes) is 13. The van der Waals surface area contributed by atoms with E-state index in [2.05, 4.69) is 6.92 Å². The van der Waals surface area contributed by atoms with Gasteiger partial charge in [-0.3, -0.25) is 0 Å². The molecule has 174 valence electrons. The van der Waals surface area contributed by atoms with Crippen LogP contribution >= 0.6 is 0 Å². The third-order valence-electron chi connectivity index (χ3n) is 5.91. The largest absolute Gasteiger partial charge is 0.396 e. The van der Waals surface area contributed by atoms with Crippen molar-refractivity contribution < 1.29 is 19.3 Å². The molecule has 1 heterocycles. The molecule has 2 atom stereocenters. The van der Waals surface area contributed by atoms with E-state index in [1.807, 2.05) is 0 Å². The predicted molar refractivity (Wildman–Crippen MR) is 121 cm³/mol. The van der Waals surface area contributed by atoms with Crippen molar-refractivity contribution in [1.82, 2.24) is 0 Å². The molecule has 4 heteroatoms. The Bertz CT molecular complexity index is 324. The Morgan fingerprint density at radius 3 is 1.79 bits per heavy atom. The van der Waals surface area contributed by atoms with E-state index in [0.717, 1.165) is 58.7 Å². The molecule has 0 spiro atoms. The fraction of sp³-hybridized carbons (Fsp3) is 1.00. The Morgan fingerprint density at radius 2 is 1.21 bits per heavy atom. The molecule has 0 amide bonds. The van der Waals surface area contributed by atoms with Gasteiger partial charge in [0.1, 0.15) is 0 Å². The minimum Gasteiger partial charge on any atom is -0.396 e. The molecule has 1 N–H and O–H groups in total. The molecule has 1 fully saturated rings. The maximum atomic E-state index is 8.75. The molecule has 0 aromatic carbocycles. The first kappa shape index (κ1) is 26.9. The van der Waals surface area contributed by atoms with Gasteiger partial charge in [0.05, 0.1) is 25.9 Å². The lowest BCUT2D eigenvalue weighted by atomic mass is 10.1. The van der Waals surface area contributed by atoms with Gasteiger partial charge in [-0.1, -0.05) is 84.0 Å². The van der Waals surface area contributed by atoms with Gasteiger partial charge in [0.2, 0.25) is 0 Å². The molecule has 0 unspecified atom stereocenters. The second kappa shape index (κ2) is 21.1. The number of rotatable bonds is 22. The van der Waals surface area contributed by atoms with Gasteiger partial charge in [0.15, 0.2) is 0 Å². The van der Waals surface area contributed by atoms with Crippen molar-refractivity contribution in [2.75, 3.05) is 39.6 Å². The number of aliphatic hydroxyl groups excluding tert-OH is 1. The monoisotopic (exact) mass is 414 g/mol. The molecule has 0 aromatic heterocycles. The first-order valence-corrected chi connectivity index (χ1v) is 12.7. The van der Waals surface area contributed by atoms with Crippen molar-refractivity contribution >= 4 is 0 Å². The third kappa shape index (κ3) is 17.2. The summed E-state index contributed by atoms with van der Waals surface area (Å²) in [5, 5.41) is 8.75. The molecule has 4 nitrogen and oxygen atoms in total. The number of hydrogen-bond acceptors (Lipinski definition) is 4. The molecule has 0 aromatic rings. The van der Waals surface area contributed by atoms with Crippen LogP contribution in [0.25, 0.3) is 0 Å². The molecule has 1 rings (SSSR count). The fourth-order valence-electron chi connectivity index (χ4n) is 4.01. The zero-order valence-corrected chi connectivity index (χ0v) is 19.4. The normalized spacial score (nSPS) is 19.2. The summed E-state index contributed by atoms with van der Waals surface area (Å²) in [7, 11) is 0. The van der Waals surface area contributed by atoms with Crippen LogP contribution in [0.15, 0.2) is 0 Å². The van der Waals surface area contributed by atoms with Gasteiger partial charge < -0.3 is 19.3 Å². The van der Waals surface area contributed by atoms with Crippen molar-refractivity contribution in [2.24, 2.45) is 5.92 Å². The SMILES string of the molecule is CCCCCCCCCCCCOC[C@@H]1CO[C@@H](COCCCCCCCO)C1. The summed E-state index contributed by atoms with van der Waals surface area (Å²) in [4.78, 5) is 0. The molecule has 0 bridgehead atoms. The smallest absolute Gasteiger partial charge is 0.0813 e. The van der Waals surface area contributed by atoms with Crippen LogP contribution in [-0.2, 0) is 14.2 Å². The Kier molecular flexibility index (Phi) is 19.5. The van der Waals surface area contributed by atoms with Crippen LogP contribution in [0.5, 0.6) is 0 Å². The Labute approximate surface area is 181 Å². The number of aliphatic hydroxyl groups is 1. The summed E-state index contributed by atoms with van der Waals surface area (Å²) in [5.41, 5.74) is 0. The van der Waals surface area contributed by atoms with Crippen molar-refractivity contribution in [3.63, 3.8) is 0 Å². The Morgan fingerprint density at radius 1 is 0.690 bits per heavy atom. The van der Waals surface area contributed by atoms with E-state index in [1.54, 1.807) is 0 Å².